The third-order valence-corrected chi connectivity index (χ3v) is 4.53. The number of halogens is 2. The van der Waals surface area contributed by atoms with Crippen LogP contribution in [0.5, 0.6) is 0 Å². The Morgan fingerprint density at radius 2 is 1.64 bits per heavy atom. The van der Waals surface area contributed by atoms with Gasteiger partial charge in [0.25, 0.3) is 0 Å². The Morgan fingerprint density at radius 1 is 0.893 bits per heavy atom. The number of benzene rings is 3. The van der Waals surface area contributed by atoms with Crippen molar-refractivity contribution in [2.45, 2.75) is 0 Å². The molecule has 4 rings (SSSR count). The Bertz CT molecular complexity index is 1200. The molecule has 0 aliphatic heterocycles. The van der Waals surface area contributed by atoms with Crippen LogP contribution in [0.25, 0.3) is 10.9 Å². The Morgan fingerprint density at radius 3 is 2.39 bits per heavy atom. The number of nitriles is 1. The van der Waals surface area contributed by atoms with Crippen molar-refractivity contribution in [2.75, 3.05) is 10.6 Å². The van der Waals surface area contributed by atoms with E-state index in [9.17, 15) is 9.65 Å². The van der Waals surface area contributed by atoms with Gasteiger partial charge >= 0.3 is 0 Å². The fourth-order valence-corrected chi connectivity index (χ4v) is 3.08. The summed E-state index contributed by atoms with van der Waals surface area (Å²) in [5.74, 6) is -0.498. The maximum atomic E-state index is 13.5. The summed E-state index contributed by atoms with van der Waals surface area (Å²) in [5, 5.41) is 16.8. The zero-order valence-electron chi connectivity index (χ0n) is 14.6. The maximum Gasteiger partial charge on any atom is 0.141 e. The number of hydrogen-bond acceptors (Lipinski definition) is 4. The van der Waals surface area contributed by atoms with E-state index in [0.29, 0.717) is 16.9 Å². The average molecular weight is 389 g/mol. The van der Waals surface area contributed by atoms with Gasteiger partial charge in [-0.2, -0.15) is 5.26 Å². The highest BCUT2D eigenvalue weighted by molar-refractivity contribution is 6.31. The van der Waals surface area contributed by atoms with E-state index in [1.165, 1.54) is 18.3 Å². The number of anilines is 4. The van der Waals surface area contributed by atoms with Crippen LogP contribution in [0.3, 0.4) is 0 Å². The van der Waals surface area contributed by atoms with Crippen molar-refractivity contribution >= 4 is 45.3 Å². The number of pyridine rings is 1. The number of nitrogens with one attached hydrogen (secondary N) is 2. The van der Waals surface area contributed by atoms with Gasteiger partial charge < -0.3 is 10.6 Å². The predicted octanol–water partition coefficient (Wildman–Crippen LogP) is 6.39. The van der Waals surface area contributed by atoms with E-state index < -0.39 is 5.82 Å². The Kier molecular flexibility index (Phi) is 4.79. The summed E-state index contributed by atoms with van der Waals surface area (Å²) in [7, 11) is 0. The van der Waals surface area contributed by atoms with Gasteiger partial charge in [-0.05, 0) is 48.5 Å². The van der Waals surface area contributed by atoms with Crippen LogP contribution in [0.1, 0.15) is 5.56 Å². The number of hydrogen-bond donors (Lipinski definition) is 2. The van der Waals surface area contributed by atoms with Gasteiger partial charge in [-0.15, -0.1) is 0 Å². The molecule has 6 heteroatoms. The molecule has 3 aromatic carbocycles. The number of rotatable bonds is 4. The van der Waals surface area contributed by atoms with E-state index in [4.69, 9.17) is 11.6 Å². The summed E-state index contributed by atoms with van der Waals surface area (Å²) in [6, 6.07) is 22.0. The second-order valence-electron chi connectivity index (χ2n) is 6.14. The van der Waals surface area contributed by atoms with Gasteiger partial charge in [0.05, 0.1) is 21.8 Å². The lowest BCUT2D eigenvalue weighted by Gasteiger charge is -2.14. The smallest absolute Gasteiger partial charge is 0.141 e. The van der Waals surface area contributed by atoms with E-state index in [-0.39, 0.29) is 5.02 Å². The molecule has 136 valence electrons. The zero-order chi connectivity index (χ0) is 19.5. The first-order valence-corrected chi connectivity index (χ1v) is 8.89. The Hall–Kier alpha value is -3.62. The van der Waals surface area contributed by atoms with Crippen LogP contribution in [-0.4, -0.2) is 4.98 Å². The molecule has 28 heavy (non-hydrogen) atoms. The molecule has 0 bridgehead atoms. The highest BCUT2D eigenvalue weighted by atomic mass is 35.5. The monoisotopic (exact) mass is 388 g/mol. The first kappa shape index (κ1) is 17.8. The van der Waals surface area contributed by atoms with Crippen LogP contribution in [0.15, 0.2) is 72.9 Å². The van der Waals surface area contributed by atoms with Crippen LogP contribution in [0, 0.1) is 17.1 Å². The number of aromatic nitrogens is 1. The largest absolute Gasteiger partial charge is 0.356 e. The van der Waals surface area contributed by atoms with Crippen LogP contribution in [0.2, 0.25) is 5.02 Å². The molecule has 1 heterocycles. The van der Waals surface area contributed by atoms with Crippen molar-refractivity contribution in [1.29, 1.82) is 5.26 Å². The number of nitrogens with zero attached hydrogens (tertiary/aromatic N) is 2. The summed E-state index contributed by atoms with van der Waals surface area (Å²) >= 11 is 5.89. The van der Waals surface area contributed by atoms with Crippen molar-refractivity contribution in [3.63, 3.8) is 0 Å². The van der Waals surface area contributed by atoms with Crippen molar-refractivity contribution in [3.05, 3.63) is 89.3 Å². The third-order valence-electron chi connectivity index (χ3n) is 4.24. The molecule has 0 saturated carbocycles. The minimum Gasteiger partial charge on any atom is -0.356 e. The zero-order valence-corrected chi connectivity index (χ0v) is 15.3. The lowest BCUT2D eigenvalue weighted by atomic mass is 10.1. The van der Waals surface area contributed by atoms with Gasteiger partial charge in [0.2, 0.25) is 0 Å². The average Bonchev–Trinajstić information content (AvgIpc) is 2.72. The van der Waals surface area contributed by atoms with E-state index in [1.54, 1.807) is 6.07 Å². The molecule has 2 N–H and O–H groups in total. The number of para-hydroxylation sites is 1. The molecule has 0 atom stereocenters. The number of fused-ring (bicyclic) bond motifs is 1. The van der Waals surface area contributed by atoms with Gasteiger partial charge in [-0.25, -0.2) is 4.39 Å². The standard InChI is InChI=1S/C22H14ClFN4/c23-19-11-17(6-8-20(19)24)28-22-14(12-25)13-26-21-9-7-16(10-18(21)22)27-15-4-2-1-3-5-15/h1-11,13,27H,(H,26,28). The lowest BCUT2D eigenvalue weighted by Crippen LogP contribution is -1.98. The molecular weight excluding hydrogens is 375 g/mol. The molecule has 0 spiro atoms. The van der Waals surface area contributed by atoms with Crippen LogP contribution in [0.4, 0.5) is 27.1 Å². The lowest BCUT2D eigenvalue weighted by molar-refractivity contribution is 0.628. The van der Waals surface area contributed by atoms with Crippen molar-refractivity contribution < 1.29 is 4.39 Å². The van der Waals surface area contributed by atoms with Crippen LogP contribution in [-0.2, 0) is 0 Å². The van der Waals surface area contributed by atoms with Gasteiger partial charge in [0.15, 0.2) is 0 Å². The summed E-state index contributed by atoms with van der Waals surface area (Å²) < 4.78 is 13.5. The molecule has 4 aromatic rings. The highest BCUT2D eigenvalue weighted by Gasteiger charge is 2.11. The topological polar surface area (TPSA) is 60.7 Å². The molecule has 0 unspecified atom stereocenters. The van der Waals surface area contributed by atoms with Gasteiger partial charge in [0, 0.05) is 28.6 Å². The molecule has 0 fully saturated rings. The molecular formula is C22H14ClFN4. The summed E-state index contributed by atoms with van der Waals surface area (Å²) in [4.78, 5) is 4.36. The third kappa shape index (κ3) is 3.59. The van der Waals surface area contributed by atoms with Crippen LogP contribution >= 0.6 is 11.6 Å². The highest BCUT2D eigenvalue weighted by Crippen LogP contribution is 2.32. The first-order valence-electron chi connectivity index (χ1n) is 8.51. The van der Waals surface area contributed by atoms with Crippen molar-refractivity contribution in [1.82, 2.24) is 4.98 Å². The van der Waals surface area contributed by atoms with Crippen molar-refractivity contribution in [2.24, 2.45) is 0 Å². The summed E-state index contributed by atoms with van der Waals surface area (Å²) in [6.07, 6.45) is 1.51. The van der Waals surface area contributed by atoms with E-state index >= 15 is 0 Å². The second-order valence-corrected chi connectivity index (χ2v) is 6.54. The molecule has 1 aromatic heterocycles. The predicted molar refractivity (Wildman–Crippen MR) is 111 cm³/mol. The van der Waals surface area contributed by atoms with E-state index in [0.717, 1.165) is 22.3 Å². The summed E-state index contributed by atoms with van der Waals surface area (Å²) in [5.41, 5.74) is 4.09. The van der Waals surface area contributed by atoms with Gasteiger partial charge in [0.1, 0.15) is 11.9 Å². The second kappa shape index (κ2) is 7.55. The normalized spacial score (nSPS) is 10.5. The Labute approximate surface area is 166 Å². The minimum atomic E-state index is -0.498. The molecule has 0 amide bonds. The fourth-order valence-electron chi connectivity index (χ4n) is 2.90. The molecule has 0 aliphatic rings. The molecule has 4 nitrogen and oxygen atoms in total. The SMILES string of the molecule is N#Cc1cnc2ccc(Nc3ccccc3)cc2c1Nc1ccc(F)c(Cl)c1. The maximum absolute atomic E-state index is 13.5. The molecule has 0 radical (unpaired) electrons. The Balaban J connectivity index is 1.79. The van der Waals surface area contributed by atoms with E-state index in [2.05, 4.69) is 21.7 Å². The molecule has 0 saturated heterocycles. The van der Waals surface area contributed by atoms with Crippen LogP contribution < -0.4 is 10.6 Å². The molecule has 0 aliphatic carbocycles. The first-order chi connectivity index (χ1) is 13.6. The summed E-state index contributed by atoms with van der Waals surface area (Å²) in [6.45, 7) is 0. The van der Waals surface area contributed by atoms with E-state index in [1.807, 2.05) is 48.5 Å². The van der Waals surface area contributed by atoms with Gasteiger partial charge in [-0.1, -0.05) is 29.8 Å². The minimum absolute atomic E-state index is 0.00769. The van der Waals surface area contributed by atoms with Gasteiger partial charge in [-0.3, -0.25) is 4.98 Å². The van der Waals surface area contributed by atoms with Crippen molar-refractivity contribution in [3.8, 4) is 6.07 Å². The fraction of sp³-hybridized carbons (Fsp3) is 0. The quantitative estimate of drug-likeness (QED) is 0.425.